The number of unbranched alkanes of at least 4 members (excludes halogenated alkanes) is 1. The van der Waals surface area contributed by atoms with E-state index in [4.69, 9.17) is 0 Å². The molecular formula is C37H37F4N5O10. The number of aliphatic carboxylic acids is 1. The predicted molar refractivity (Wildman–Crippen MR) is 187 cm³/mol. The number of hydrogen-bond acceptors (Lipinski definition) is 9. The molecule has 56 heavy (non-hydrogen) atoms. The van der Waals surface area contributed by atoms with Crippen LogP contribution in [-0.2, 0) is 24.0 Å². The molecule has 0 saturated heterocycles. The molecule has 0 saturated carbocycles. The van der Waals surface area contributed by atoms with Crippen molar-refractivity contribution in [1.82, 2.24) is 26.6 Å². The number of benzene rings is 3. The molecule has 15 nitrogen and oxygen atoms in total. The molecule has 0 radical (unpaired) electrons. The molecule has 0 heterocycles. The van der Waals surface area contributed by atoms with Crippen molar-refractivity contribution in [3.63, 3.8) is 0 Å². The molecule has 3 aromatic carbocycles. The van der Waals surface area contributed by atoms with Gasteiger partial charge in [-0.15, -0.1) is 0 Å². The monoisotopic (exact) mass is 787 g/mol. The number of carboxylic acids is 1. The number of hydrogen-bond donors (Lipinski definition) is 6. The van der Waals surface area contributed by atoms with Crippen molar-refractivity contribution in [3.05, 3.63) is 100 Å². The third-order valence-corrected chi connectivity index (χ3v) is 7.80. The van der Waals surface area contributed by atoms with Gasteiger partial charge in [0.25, 0.3) is 11.8 Å². The Bertz CT molecular complexity index is 1950. The molecule has 0 bridgehead atoms. The third-order valence-electron chi connectivity index (χ3n) is 7.80. The van der Waals surface area contributed by atoms with Gasteiger partial charge in [-0.3, -0.25) is 24.0 Å². The van der Waals surface area contributed by atoms with E-state index in [2.05, 4.69) is 31.3 Å². The lowest BCUT2D eigenvalue weighted by Crippen LogP contribution is -2.52. The van der Waals surface area contributed by atoms with Gasteiger partial charge < -0.3 is 41.2 Å². The normalized spacial score (nSPS) is 11.7. The van der Waals surface area contributed by atoms with Crippen LogP contribution in [0.3, 0.4) is 0 Å². The molecule has 0 aliphatic heterocycles. The van der Waals surface area contributed by atoms with Gasteiger partial charge in [-0.25, -0.2) is 18.4 Å². The standard InChI is InChI=1S/C37H37F4N5O10/c1-20-7-4-8-21(15-20)33(50)42-13-3-2-11-27(36(53)54)46-29(49)19-44-35(52)26(12-6-14-47)45-28(48)18-43-34(51)22-9-5-10-23(16-22)37(55)56-32-30(40)24(38)17-25(39)31(32)41/h4-5,7-10,14-17,26-27H,2-3,6,11-13,18-19H2,1H3,(H,42,50)(H,43,51)(H,44,52)(H,45,48)(H,46,49)(H,53,54). The van der Waals surface area contributed by atoms with E-state index in [1.54, 1.807) is 18.2 Å². The number of aryl methyl sites for hydroxylation is 1. The van der Waals surface area contributed by atoms with E-state index in [0.717, 1.165) is 23.8 Å². The number of carbonyl (C=O) groups excluding carboxylic acids is 7. The van der Waals surface area contributed by atoms with Gasteiger partial charge in [0.05, 0.1) is 18.7 Å². The minimum absolute atomic E-state index is 0.0174. The summed E-state index contributed by atoms with van der Waals surface area (Å²) in [4.78, 5) is 98.0. The lowest BCUT2D eigenvalue weighted by Gasteiger charge is -2.19. The van der Waals surface area contributed by atoms with Gasteiger partial charge >= 0.3 is 11.9 Å². The minimum Gasteiger partial charge on any atom is -0.480 e. The van der Waals surface area contributed by atoms with Crippen molar-refractivity contribution >= 4 is 47.8 Å². The Hall–Kier alpha value is -6.66. The van der Waals surface area contributed by atoms with Crippen molar-refractivity contribution in [1.29, 1.82) is 0 Å². The van der Waals surface area contributed by atoms with Gasteiger partial charge in [-0.05, 0) is 62.9 Å². The Balaban J connectivity index is 1.47. The van der Waals surface area contributed by atoms with Crippen LogP contribution in [0.4, 0.5) is 17.6 Å². The summed E-state index contributed by atoms with van der Waals surface area (Å²) in [6, 6.07) is 8.52. The molecule has 3 rings (SSSR count). The van der Waals surface area contributed by atoms with Gasteiger partial charge in [0.1, 0.15) is 18.4 Å². The highest BCUT2D eigenvalue weighted by molar-refractivity contribution is 6.00. The van der Waals surface area contributed by atoms with E-state index in [1.807, 2.05) is 13.0 Å². The molecule has 6 N–H and O–H groups in total. The van der Waals surface area contributed by atoms with Crippen LogP contribution in [-0.4, -0.2) is 84.6 Å². The quantitative estimate of drug-likeness (QED) is 0.0245. The number of esters is 1. The Morgan fingerprint density at radius 2 is 1.29 bits per heavy atom. The Morgan fingerprint density at radius 3 is 1.91 bits per heavy atom. The number of carbonyl (C=O) groups is 8. The second-order valence-electron chi connectivity index (χ2n) is 12.1. The molecule has 0 aromatic heterocycles. The number of amides is 5. The second-order valence-corrected chi connectivity index (χ2v) is 12.1. The van der Waals surface area contributed by atoms with Gasteiger partial charge in [-0.1, -0.05) is 23.8 Å². The highest BCUT2D eigenvalue weighted by Gasteiger charge is 2.26. The van der Waals surface area contributed by atoms with E-state index in [0.29, 0.717) is 24.7 Å². The number of ether oxygens (including phenoxy) is 1. The highest BCUT2D eigenvalue weighted by atomic mass is 19.2. The summed E-state index contributed by atoms with van der Waals surface area (Å²) in [5.41, 5.74) is 0.673. The summed E-state index contributed by atoms with van der Waals surface area (Å²) in [5, 5.41) is 21.3. The van der Waals surface area contributed by atoms with Crippen LogP contribution < -0.4 is 31.3 Å². The number of carboxylic acid groups (broad SMARTS) is 1. The second kappa shape index (κ2) is 21.3. The molecule has 2 unspecified atom stereocenters. The molecule has 2 atom stereocenters. The fraction of sp³-hybridized carbons (Fsp3) is 0.297. The largest absolute Gasteiger partial charge is 0.480 e. The van der Waals surface area contributed by atoms with E-state index < -0.39 is 95.3 Å². The van der Waals surface area contributed by atoms with Crippen molar-refractivity contribution in [3.8, 4) is 5.75 Å². The summed E-state index contributed by atoms with van der Waals surface area (Å²) in [6.45, 7) is 0.680. The average molecular weight is 788 g/mol. The highest BCUT2D eigenvalue weighted by Crippen LogP contribution is 2.27. The van der Waals surface area contributed by atoms with Crippen LogP contribution in [0.25, 0.3) is 0 Å². The zero-order chi connectivity index (χ0) is 41.4. The molecule has 298 valence electrons. The van der Waals surface area contributed by atoms with Gasteiger partial charge in [0, 0.05) is 30.2 Å². The summed E-state index contributed by atoms with van der Waals surface area (Å²) in [5.74, 6) is -15.9. The van der Waals surface area contributed by atoms with Crippen molar-refractivity contribution in [2.45, 2.75) is 51.1 Å². The maximum absolute atomic E-state index is 13.9. The number of aldehydes is 1. The van der Waals surface area contributed by atoms with E-state index in [-0.39, 0.29) is 43.3 Å². The van der Waals surface area contributed by atoms with Gasteiger partial charge in [0.2, 0.25) is 35.1 Å². The van der Waals surface area contributed by atoms with Crippen LogP contribution in [0, 0.1) is 30.2 Å². The van der Waals surface area contributed by atoms with Crippen molar-refractivity contribution in [2.24, 2.45) is 0 Å². The molecule has 19 heteroatoms. The minimum atomic E-state index is -1.96. The molecule has 0 aliphatic rings. The maximum atomic E-state index is 13.9. The first kappa shape index (κ1) is 43.7. The van der Waals surface area contributed by atoms with Crippen LogP contribution in [0.5, 0.6) is 5.75 Å². The molecule has 5 amide bonds. The van der Waals surface area contributed by atoms with Crippen LogP contribution in [0.2, 0.25) is 0 Å². The molecule has 0 fully saturated rings. The topological polar surface area (TPSA) is 226 Å². The van der Waals surface area contributed by atoms with E-state index in [9.17, 15) is 61.0 Å². The first-order valence-corrected chi connectivity index (χ1v) is 16.9. The fourth-order valence-corrected chi connectivity index (χ4v) is 4.95. The predicted octanol–water partition coefficient (Wildman–Crippen LogP) is 2.25. The van der Waals surface area contributed by atoms with Crippen molar-refractivity contribution < 1.29 is 65.8 Å². The molecule has 0 spiro atoms. The number of rotatable bonds is 20. The first-order valence-electron chi connectivity index (χ1n) is 16.9. The zero-order valence-electron chi connectivity index (χ0n) is 29.7. The van der Waals surface area contributed by atoms with E-state index in [1.165, 1.54) is 6.07 Å². The Morgan fingerprint density at radius 1 is 0.714 bits per heavy atom. The van der Waals surface area contributed by atoms with Crippen LogP contribution in [0.15, 0.2) is 54.6 Å². The third kappa shape index (κ3) is 13.3. The SMILES string of the molecule is Cc1cccc(C(=O)NCCCCC(NC(=O)CNC(=O)C(CCC=O)NC(=O)CNC(=O)c2cccc(C(=O)Oc3c(F)c(F)cc(F)c3F)c2)C(=O)O)c1. The number of halogens is 4. The average Bonchev–Trinajstić information content (AvgIpc) is 3.17. The molecule has 3 aromatic rings. The van der Waals surface area contributed by atoms with Crippen LogP contribution >= 0.6 is 0 Å². The summed E-state index contributed by atoms with van der Waals surface area (Å²) >= 11 is 0. The maximum Gasteiger partial charge on any atom is 0.343 e. The Labute approximate surface area is 316 Å². The smallest absolute Gasteiger partial charge is 0.343 e. The zero-order valence-corrected chi connectivity index (χ0v) is 29.7. The van der Waals surface area contributed by atoms with Gasteiger partial charge in [-0.2, -0.15) is 8.78 Å². The molecular weight excluding hydrogens is 750 g/mol. The molecule has 0 aliphatic carbocycles. The number of nitrogens with one attached hydrogen (secondary N) is 5. The van der Waals surface area contributed by atoms with E-state index >= 15 is 0 Å². The lowest BCUT2D eigenvalue weighted by molar-refractivity contribution is -0.142. The Kier molecular flexibility index (Phi) is 16.6. The van der Waals surface area contributed by atoms with Gasteiger partial charge in [0.15, 0.2) is 11.6 Å². The summed E-state index contributed by atoms with van der Waals surface area (Å²) < 4.78 is 59.3. The lowest BCUT2D eigenvalue weighted by atomic mass is 10.1. The fourth-order valence-electron chi connectivity index (χ4n) is 4.95. The van der Waals surface area contributed by atoms with Crippen molar-refractivity contribution in [2.75, 3.05) is 19.6 Å². The summed E-state index contributed by atoms with van der Waals surface area (Å²) in [6.07, 6.45) is 0.825. The van der Waals surface area contributed by atoms with Crippen LogP contribution in [0.1, 0.15) is 68.7 Å². The first-order chi connectivity index (χ1) is 26.6. The summed E-state index contributed by atoms with van der Waals surface area (Å²) in [7, 11) is 0.